The average molecular weight is 511 g/mol. The SMILES string of the molecule is CN(C)C(=O)C1(C)COC(c2nc(-c3ccc(F)cc3)c(-c3ccnc(NCC4CCCO4)n3)[nH]2)OC1. The summed E-state index contributed by atoms with van der Waals surface area (Å²) >= 11 is 0. The molecule has 2 aromatic heterocycles. The lowest BCUT2D eigenvalue weighted by Gasteiger charge is -2.36. The molecule has 1 amide bonds. The van der Waals surface area contributed by atoms with Gasteiger partial charge in [0, 0.05) is 39.0 Å². The van der Waals surface area contributed by atoms with Crippen LogP contribution >= 0.6 is 0 Å². The summed E-state index contributed by atoms with van der Waals surface area (Å²) in [6.07, 6.45) is 3.08. The summed E-state index contributed by atoms with van der Waals surface area (Å²) in [6, 6.07) is 7.86. The van der Waals surface area contributed by atoms with Crippen molar-refractivity contribution in [1.29, 1.82) is 0 Å². The van der Waals surface area contributed by atoms with Crippen molar-refractivity contribution < 1.29 is 23.4 Å². The van der Waals surface area contributed by atoms with E-state index in [0.717, 1.165) is 19.4 Å². The van der Waals surface area contributed by atoms with Gasteiger partial charge >= 0.3 is 0 Å². The maximum Gasteiger partial charge on any atom is 0.232 e. The topological polar surface area (TPSA) is 114 Å². The van der Waals surface area contributed by atoms with Crippen molar-refractivity contribution in [3.8, 4) is 22.6 Å². The van der Waals surface area contributed by atoms with Crippen molar-refractivity contribution in [2.24, 2.45) is 5.41 Å². The van der Waals surface area contributed by atoms with Gasteiger partial charge in [-0.15, -0.1) is 0 Å². The molecule has 1 aromatic carbocycles. The average Bonchev–Trinajstić information content (AvgIpc) is 3.59. The number of H-pyrrole nitrogens is 1. The van der Waals surface area contributed by atoms with Crippen molar-refractivity contribution >= 4 is 11.9 Å². The van der Waals surface area contributed by atoms with E-state index in [0.29, 0.717) is 41.0 Å². The van der Waals surface area contributed by atoms with Gasteiger partial charge in [0.25, 0.3) is 0 Å². The molecule has 0 bridgehead atoms. The molecule has 5 rings (SSSR count). The second-order valence-electron chi connectivity index (χ2n) is 9.85. The second-order valence-corrected chi connectivity index (χ2v) is 9.85. The molecule has 37 heavy (non-hydrogen) atoms. The van der Waals surface area contributed by atoms with Crippen LogP contribution in [0.15, 0.2) is 36.5 Å². The summed E-state index contributed by atoms with van der Waals surface area (Å²) in [5, 5.41) is 3.25. The van der Waals surface area contributed by atoms with Crippen LogP contribution in [0, 0.1) is 11.2 Å². The number of ether oxygens (including phenoxy) is 3. The van der Waals surface area contributed by atoms with Crippen LogP contribution in [0.3, 0.4) is 0 Å². The van der Waals surface area contributed by atoms with Gasteiger partial charge in [-0.05, 0) is 50.1 Å². The molecular formula is C26H31FN6O4. The minimum atomic E-state index is -0.796. The Labute approximate surface area is 214 Å². The zero-order valence-electron chi connectivity index (χ0n) is 21.2. The molecule has 11 heteroatoms. The summed E-state index contributed by atoms with van der Waals surface area (Å²) < 4.78 is 31.2. The maximum atomic E-state index is 13.6. The van der Waals surface area contributed by atoms with E-state index in [2.05, 4.69) is 20.3 Å². The minimum absolute atomic E-state index is 0.0675. The van der Waals surface area contributed by atoms with Gasteiger partial charge in [-0.1, -0.05) is 0 Å². The highest BCUT2D eigenvalue weighted by atomic mass is 19.1. The molecule has 0 saturated carbocycles. The highest BCUT2D eigenvalue weighted by Crippen LogP contribution is 2.36. The van der Waals surface area contributed by atoms with Crippen molar-refractivity contribution in [2.75, 3.05) is 45.8 Å². The Morgan fingerprint density at radius 1 is 1.16 bits per heavy atom. The number of halogens is 1. The predicted octanol–water partition coefficient (Wildman–Crippen LogP) is 3.40. The zero-order chi connectivity index (χ0) is 26.0. The Bertz CT molecular complexity index is 1230. The summed E-state index contributed by atoms with van der Waals surface area (Å²) in [5.74, 6) is 0.494. The van der Waals surface area contributed by atoms with Crippen LogP contribution in [-0.2, 0) is 19.0 Å². The van der Waals surface area contributed by atoms with E-state index in [1.165, 1.54) is 17.0 Å². The molecule has 3 aromatic rings. The Morgan fingerprint density at radius 2 is 1.92 bits per heavy atom. The molecule has 0 spiro atoms. The van der Waals surface area contributed by atoms with E-state index in [1.807, 2.05) is 6.92 Å². The molecule has 2 aliphatic heterocycles. The fourth-order valence-corrected chi connectivity index (χ4v) is 4.53. The number of nitrogens with one attached hydrogen (secondary N) is 2. The van der Waals surface area contributed by atoms with E-state index in [-0.39, 0.29) is 31.0 Å². The summed E-state index contributed by atoms with van der Waals surface area (Å²) in [7, 11) is 3.41. The van der Waals surface area contributed by atoms with Crippen LogP contribution in [-0.4, -0.2) is 77.3 Å². The third-order valence-electron chi connectivity index (χ3n) is 6.52. The Balaban J connectivity index is 1.42. The monoisotopic (exact) mass is 510 g/mol. The van der Waals surface area contributed by atoms with Gasteiger partial charge in [0.15, 0.2) is 5.82 Å². The van der Waals surface area contributed by atoms with Crippen molar-refractivity contribution in [3.63, 3.8) is 0 Å². The Kier molecular flexibility index (Phi) is 7.18. The number of imidazole rings is 1. The standard InChI is InChI=1S/C26H31FN6O4/c1-26(24(34)33(2)3)14-36-23(37-15-26)22-31-20(16-6-8-17(27)9-7-16)21(32-22)19-10-11-28-25(30-19)29-13-18-5-4-12-35-18/h6-11,18,23H,4-5,12-15H2,1-3H3,(H,31,32)(H,28,29,30). The number of amides is 1. The van der Waals surface area contributed by atoms with E-state index < -0.39 is 11.7 Å². The first kappa shape index (κ1) is 25.2. The fourth-order valence-electron chi connectivity index (χ4n) is 4.53. The maximum absolute atomic E-state index is 13.6. The number of hydrogen-bond acceptors (Lipinski definition) is 8. The fraction of sp³-hybridized carbons (Fsp3) is 0.462. The van der Waals surface area contributed by atoms with Crippen LogP contribution in [0.4, 0.5) is 10.3 Å². The van der Waals surface area contributed by atoms with Gasteiger partial charge in [0.2, 0.25) is 18.1 Å². The molecule has 1 atom stereocenters. The van der Waals surface area contributed by atoms with Crippen LogP contribution in [0.5, 0.6) is 0 Å². The predicted molar refractivity (Wildman–Crippen MR) is 134 cm³/mol. The highest BCUT2D eigenvalue weighted by molar-refractivity contribution is 5.82. The first-order valence-electron chi connectivity index (χ1n) is 12.3. The van der Waals surface area contributed by atoms with Crippen LogP contribution in [0.25, 0.3) is 22.6 Å². The molecule has 2 saturated heterocycles. The molecule has 1 unspecified atom stereocenters. The first-order chi connectivity index (χ1) is 17.8. The third-order valence-corrected chi connectivity index (χ3v) is 6.52. The van der Waals surface area contributed by atoms with Crippen LogP contribution in [0.1, 0.15) is 31.9 Å². The van der Waals surface area contributed by atoms with Gasteiger partial charge in [0.05, 0.1) is 41.8 Å². The smallest absolute Gasteiger partial charge is 0.232 e. The molecule has 10 nitrogen and oxygen atoms in total. The highest BCUT2D eigenvalue weighted by Gasteiger charge is 2.41. The molecule has 0 radical (unpaired) electrons. The van der Waals surface area contributed by atoms with Gasteiger partial charge in [-0.3, -0.25) is 4.79 Å². The molecule has 0 aliphatic carbocycles. The van der Waals surface area contributed by atoms with Gasteiger partial charge in [-0.2, -0.15) is 0 Å². The number of carbonyl (C=O) groups is 1. The van der Waals surface area contributed by atoms with Crippen LogP contribution in [0.2, 0.25) is 0 Å². The quantitative estimate of drug-likeness (QED) is 0.497. The number of carbonyl (C=O) groups excluding carboxylic acids is 1. The van der Waals surface area contributed by atoms with Gasteiger partial charge in [-0.25, -0.2) is 19.3 Å². The normalized spacial score (nSPS) is 23.7. The third kappa shape index (κ3) is 5.48. The number of rotatable bonds is 7. The molecule has 2 aliphatic rings. The number of nitrogens with zero attached hydrogens (tertiary/aromatic N) is 4. The number of benzene rings is 1. The Hall–Kier alpha value is -3.41. The van der Waals surface area contributed by atoms with E-state index in [4.69, 9.17) is 19.2 Å². The van der Waals surface area contributed by atoms with Gasteiger partial charge in [0.1, 0.15) is 5.82 Å². The molecule has 4 heterocycles. The van der Waals surface area contributed by atoms with Crippen molar-refractivity contribution in [2.45, 2.75) is 32.2 Å². The van der Waals surface area contributed by atoms with Crippen molar-refractivity contribution in [3.05, 3.63) is 48.2 Å². The van der Waals surface area contributed by atoms with E-state index in [1.54, 1.807) is 38.5 Å². The molecule has 196 valence electrons. The first-order valence-corrected chi connectivity index (χ1v) is 12.3. The zero-order valence-corrected chi connectivity index (χ0v) is 21.2. The summed E-state index contributed by atoms with van der Waals surface area (Å²) in [4.78, 5) is 31.2. The lowest BCUT2D eigenvalue weighted by atomic mass is 9.90. The summed E-state index contributed by atoms with van der Waals surface area (Å²) in [6.45, 7) is 3.58. The summed E-state index contributed by atoms with van der Waals surface area (Å²) in [5.41, 5.74) is 1.71. The largest absolute Gasteiger partial charge is 0.376 e. The number of anilines is 1. The lowest BCUT2D eigenvalue weighted by molar-refractivity contribution is -0.233. The van der Waals surface area contributed by atoms with Gasteiger partial charge < -0.3 is 29.4 Å². The van der Waals surface area contributed by atoms with Crippen molar-refractivity contribution in [1.82, 2.24) is 24.8 Å². The molecular weight excluding hydrogens is 479 g/mol. The van der Waals surface area contributed by atoms with E-state index >= 15 is 0 Å². The van der Waals surface area contributed by atoms with E-state index in [9.17, 15) is 9.18 Å². The number of aromatic amines is 1. The minimum Gasteiger partial charge on any atom is -0.376 e. The number of hydrogen-bond donors (Lipinski definition) is 2. The molecule has 2 N–H and O–H groups in total. The number of aromatic nitrogens is 4. The lowest BCUT2D eigenvalue weighted by Crippen LogP contribution is -2.48. The van der Waals surface area contributed by atoms with Crippen LogP contribution < -0.4 is 5.32 Å². The molecule has 2 fully saturated rings. The Morgan fingerprint density at radius 3 is 2.59 bits per heavy atom. The second kappa shape index (κ2) is 10.5.